The molecule has 70 valence electrons. The number of likely N-dealkylation sites (tertiary alicyclic amines) is 1. The van der Waals surface area contributed by atoms with E-state index in [2.05, 4.69) is 17.3 Å². The van der Waals surface area contributed by atoms with Crippen molar-refractivity contribution < 1.29 is 4.79 Å². The summed E-state index contributed by atoms with van der Waals surface area (Å²) in [6.07, 6.45) is 1.06. The molecule has 0 bridgehead atoms. The summed E-state index contributed by atoms with van der Waals surface area (Å²) in [7, 11) is 3.85. The predicted octanol–water partition coefficient (Wildman–Crippen LogP) is -0.989. The summed E-state index contributed by atoms with van der Waals surface area (Å²) in [5.41, 5.74) is 5.25. The van der Waals surface area contributed by atoms with Crippen molar-refractivity contribution in [3.63, 3.8) is 0 Å². The first kappa shape index (κ1) is 9.48. The van der Waals surface area contributed by atoms with E-state index in [1.807, 2.05) is 0 Å². The average Bonchev–Trinajstić information content (AvgIpc) is 2.37. The first-order chi connectivity index (χ1) is 5.65. The maximum Gasteiger partial charge on any atom is 0.234 e. The van der Waals surface area contributed by atoms with E-state index in [1.165, 1.54) is 0 Å². The van der Waals surface area contributed by atoms with Crippen LogP contribution in [0, 0.1) is 5.92 Å². The largest absolute Gasteiger partial charge is 0.368 e. The van der Waals surface area contributed by atoms with E-state index in [1.54, 1.807) is 7.05 Å². The summed E-state index contributed by atoms with van der Waals surface area (Å²) in [6, 6.07) is -0.157. The maximum absolute atomic E-state index is 11.0. The lowest BCUT2D eigenvalue weighted by Crippen LogP contribution is -2.45. The molecule has 4 nitrogen and oxygen atoms in total. The fraction of sp³-hybridized carbons (Fsp3) is 0.875. The van der Waals surface area contributed by atoms with Crippen molar-refractivity contribution in [2.24, 2.45) is 11.7 Å². The van der Waals surface area contributed by atoms with Gasteiger partial charge in [0.2, 0.25) is 5.91 Å². The Bertz CT molecular complexity index is 172. The molecular formula is C8H17N3O. The zero-order valence-electron chi connectivity index (χ0n) is 7.71. The standard InChI is InChI=1S/C8H17N3O/c1-10-7(8(9)12)6-3-4-11(2)5-6/h6-7,10H,3-5H2,1-2H3,(H2,9,12). The number of nitrogens with one attached hydrogen (secondary N) is 1. The third kappa shape index (κ3) is 1.95. The average molecular weight is 171 g/mol. The fourth-order valence-corrected chi connectivity index (χ4v) is 1.85. The van der Waals surface area contributed by atoms with Crippen molar-refractivity contribution in [3.8, 4) is 0 Å². The lowest BCUT2D eigenvalue weighted by Gasteiger charge is -2.19. The van der Waals surface area contributed by atoms with E-state index >= 15 is 0 Å². The van der Waals surface area contributed by atoms with Crippen molar-refractivity contribution in [1.82, 2.24) is 10.2 Å². The zero-order valence-corrected chi connectivity index (χ0v) is 7.71. The smallest absolute Gasteiger partial charge is 0.234 e. The monoisotopic (exact) mass is 171 g/mol. The highest BCUT2D eigenvalue weighted by molar-refractivity contribution is 5.80. The zero-order chi connectivity index (χ0) is 9.14. The van der Waals surface area contributed by atoms with Crippen LogP contribution in [0.2, 0.25) is 0 Å². The van der Waals surface area contributed by atoms with Crippen molar-refractivity contribution >= 4 is 5.91 Å². The molecule has 0 aliphatic carbocycles. The van der Waals surface area contributed by atoms with Gasteiger partial charge in [0.1, 0.15) is 0 Å². The van der Waals surface area contributed by atoms with Crippen LogP contribution < -0.4 is 11.1 Å². The van der Waals surface area contributed by atoms with Gasteiger partial charge in [0.25, 0.3) is 0 Å². The number of rotatable bonds is 3. The SMILES string of the molecule is CNC(C(N)=O)C1CCN(C)C1. The lowest BCUT2D eigenvalue weighted by atomic mass is 9.99. The summed E-state index contributed by atoms with van der Waals surface area (Å²) < 4.78 is 0. The van der Waals surface area contributed by atoms with Crippen LogP contribution in [0.25, 0.3) is 0 Å². The van der Waals surface area contributed by atoms with Gasteiger partial charge < -0.3 is 16.0 Å². The molecule has 1 heterocycles. The van der Waals surface area contributed by atoms with E-state index in [0.29, 0.717) is 5.92 Å². The number of carbonyl (C=O) groups is 1. The third-order valence-electron chi connectivity index (χ3n) is 2.52. The minimum absolute atomic E-state index is 0.157. The van der Waals surface area contributed by atoms with Crippen LogP contribution >= 0.6 is 0 Å². The molecule has 3 N–H and O–H groups in total. The Morgan fingerprint density at radius 1 is 1.75 bits per heavy atom. The minimum atomic E-state index is -0.238. The number of amides is 1. The number of carbonyl (C=O) groups excluding carboxylic acids is 1. The van der Waals surface area contributed by atoms with E-state index in [4.69, 9.17) is 5.73 Å². The molecule has 1 aliphatic rings. The third-order valence-corrected chi connectivity index (χ3v) is 2.52. The molecular weight excluding hydrogens is 154 g/mol. The van der Waals surface area contributed by atoms with Crippen molar-refractivity contribution in [2.75, 3.05) is 27.2 Å². The van der Waals surface area contributed by atoms with E-state index in [0.717, 1.165) is 19.5 Å². The molecule has 1 rings (SSSR count). The van der Waals surface area contributed by atoms with Crippen molar-refractivity contribution in [1.29, 1.82) is 0 Å². The molecule has 0 radical (unpaired) electrons. The number of likely N-dealkylation sites (N-methyl/N-ethyl adjacent to an activating group) is 1. The number of hydrogen-bond acceptors (Lipinski definition) is 3. The summed E-state index contributed by atoms with van der Waals surface area (Å²) >= 11 is 0. The van der Waals surface area contributed by atoms with Crippen LogP contribution in [-0.2, 0) is 4.79 Å². The Hall–Kier alpha value is -0.610. The van der Waals surface area contributed by atoms with Crippen molar-refractivity contribution in [3.05, 3.63) is 0 Å². The second-order valence-corrected chi connectivity index (χ2v) is 3.48. The quantitative estimate of drug-likeness (QED) is 0.573. The Morgan fingerprint density at radius 2 is 2.42 bits per heavy atom. The van der Waals surface area contributed by atoms with E-state index < -0.39 is 0 Å². The fourth-order valence-electron chi connectivity index (χ4n) is 1.85. The molecule has 0 aromatic heterocycles. The van der Waals surface area contributed by atoms with E-state index in [-0.39, 0.29) is 11.9 Å². The minimum Gasteiger partial charge on any atom is -0.368 e. The summed E-state index contributed by atoms with van der Waals surface area (Å²) in [5, 5.41) is 2.96. The first-order valence-electron chi connectivity index (χ1n) is 4.30. The molecule has 1 amide bonds. The van der Waals surface area contributed by atoms with Gasteiger partial charge in [-0.15, -0.1) is 0 Å². The van der Waals surface area contributed by atoms with Gasteiger partial charge in [-0.3, -0.25) is 4.79 Å². The number of nitrogens with two attached hydrogens (primary N) is 1. The molecule has 0 saturated carbocycles. The predicted molar refractivity (Wildman–Crippen MR) is 47.6 cm³/mol. The number of primary amides is 1. The Morgan fingerprint density at radius 3 is 2.75 bits per heavy atom. The van der Waals surface area contributed by atoms with Gasteiger partial charge >= 0.3 is 0 Å². The van der Waals surface area contributed by atoms with Gasteiger partial charge in [-0.2, -0.15) is 0 Å². The summed E-state index contributed by atoms with van der Waals surface area (Å²) in [4.78, 5) is 13.2. The van der Waals surface area contributed by atoms with E-state index in [9.17, 15) is 4.79 Å². The highest BCUT2D eigenvalue weighted by atomic mass is 16.1. The molecule has 0 aromatic rings. The summed E-state index contributed by atoms with van der Waals surface area (Å²) in [5.74, 6) is 0.148. The van der Waals surface area contributed by atoms with Gasteiger partial charge in [0.05, 0.1) is 6.04 Å². The Kier molecular flexibility index (Phi) is 3.05. The molecule has 4 heteroatoms. The number of hydrogen-bond donors (Lipinski definition) is 2. The lowest BCUT2D eigenvalue weighted by molar-refractivity contribution is -0.121. The van der Waals surface area contributed by atoms with Crippen LogP contribution in [0.4, 0.5) is 0 Å². The van der Waals surface area contributed by atoms with Crippen LogP contribution in [0.3, 0.4) is 0 Å². The first-order valence-corrected chi connectivity index (χ1v) is 4.30. The Balaban J connectivity index is 2.49. The van der Waals surface area contributed by atoms with Crippen LogP contribution in [0.15, 0.2) is 0 Å². The van der Waals surface area contributed by atoms with Crippen LogP contribution in [-0.4, -0.2) is 44.0 Å². The highest BCUT2D eigenvalue weighted by Gasteiger charge is 2.29. The normalized spacial score (nSPS) is 27.3. The van der Waals surface area contributed by atoms with Crippen LogP contribution in [0.1, 0.15) is 6.42 Å². The molecule has 0 spiro atoms. The van der Waals surface area contributed by atoms with Gasteiger partial charge in [-0.05, 0) is 33.0 Å². The topological polar surface area (TPSA) is 58.4 Å². The maximum atomic E-state index is 11.0. The molecule has 1 aliphatic heterocycles. The molecule has 1 fully saturated rings. The van der Waals surface area contributed by atoms with Gasteiger partial charge in [0.15, 0.2) is 0 Å². The molecule has 0 aromatic carbocycles. The molecule has 2 atom stereocenters. The highest BCUT2D eigenvalue weighted by Crippen LogP contribution is 2.17. The Labute approximate surface area is 73.1 Å². The summed E-state index contributed by atoms with van der Waals surface area (Å²) in [6.45, 7) is 2.03. The molecule has 12 heavy (non-hydrogen) atoms. The van der Waals surface area contributed by atoms with Gasteiger partial charge in [-0.25, -0.2) is 0 Å². The molecule has 2 unspecified atom stereocenters. The molecule has 1 saturated heterocycles. The number of nitrogens with zero attached hydrogens (tertiary/aromatic N) is 1. The second-order valence-electron chi connectivity index (χ2n) is 3.48. The van der Waals surface area contributed by atoms with Gasteiger partial charge in [0, 0.05) is 6.54 Å². The van der Waals surface area contributed by atoms with Gasteiger partial charge in [-0.1, -0.05) is 0 Å². The van der Waals surface area contributed by atoms with Crippen molar-refractivity contribution in [2.45, 2.75) is 12.5 Å². The second kappa shape index (κ2) is 3.87. The van der Waals surface area contributed by atoms with Crippen LogP contribution in [0.5, 0.6) is 0 Å².